The van der Waals surface area contributed by atoms with E-state index in [2.05, 4.69) is 11.9 Å². The topological polar surface area (TPSA) is 34.9 Å². The van der Waals surface area contributed by atoms with Gasteiger partial charge in [-0.2, -0.15) is 0 Å². The molecule has 0 radical (unpaired) electrons. The summed E-state index contributed by atoms with van der Waals surface area (Å²) in [6.07, 6.45) is 0.927. The van der Waals surface area contributed by atoms with Crippen molar-refractivity contribution in [2.45, 2.75) is 26.8 Å². The van der Waals surface area contributed by atoms with Gasteiger partial charge in [0.2, 0.25) is 0 Å². The van der Waals surface area contributed by atoms with Gasteiger partial charge in [0.15, 0.2) is 0 Å². The highest BCUT2D eigenvalue weighted by molar-refractivity contribution is 7.18. The van der Waals surface area contributed by atoms with Crippen LogP contribution in [0.4, 0.5) is 0 Å². The van der Waals surface area contributed by atoms with Crippen molar-refractivity contribution in [2.75, 3.05) is 0 Å². The Morgan fingerprint density at radius 3 is 2.67 bits per heavy atom. The monoisotopic (exact) mass is 318 g/mol. The van der Waals surface area contributed by atoms with Gasteiger partial charge in [0.25, 0.3) is 5.56 Å². The molecule has 3 rings (SSSR count). The number of hydrogen-bond acceptors (Lipinski definition) is 3. The number of thiophene rings is 1. The van der Waals surface area contributed by atoms with Gasteiger partial charge in [-0.3, -0.25) is 9.36 Å². The third kappa shape index (κ3) is 2.74. The van der Waals surface area contributed by atoms with Crippen molar-refractivity contribution in [1.29, 1.82) is 0 Å². The van der Waals surface area contributed by atoms with E-state index in [4.69, 9.17) is 11.6 Å². The Hall–Kier alpha value is -1.65. The number of fused-ring (bicyclic) bond motifs is 1. The van der Waals surface area contributed by atoms with Crippen molar-refractivity contribution in [3.63, 3.8) is 0 Å². The van der Waals surface area contributed by atoms with Crippen molar-refractivity contribution in [1.82, 2.24) is 9.55 Å². The van der Waals surface area contributed by atoms with Crippen LogP contribution in [0.5, 0.6) is 0 Å². The number of hydrogen-bond donors (Lipinski definition) is 0. The van der Waals surface area contributed by atoms with Gasteiger partial charge in [-0.15, -0.1) is 11.3 Å². The molecule has 108 valence electrons. The Labute approximate surface area is 131 Å². The summed E-state index contributed by atoms with van der Waals surface area (Å²) in [5, 5.41) is 1.42. The van der Waals surface area contributed by atoms with Gasteiger partial charge in [-0.05, 0) is 37.1 Å². The third-order valence-electron chi connectivity index (χ3n) is 3.50. The third-order valence-corrected chi connectivity index (χ3v) is 4.92. The highest BCUT2D eigenvalue weighted by Crippen LogP contribution is 2.22. The van der Waals surface area contributed by atoms with Crippen LogP contribution in [0.15, 0.2) is 35.1 Å². The second-order valence-corrected chi connectivity index (χ2v) is 6.51. The van der Waals surface area contributed by atoms with E-state index in [9.17, 15) is 4.79 Å². The van der Waals surface area contributed by atoms with Gasteiger partial charge in [-0.1, -0.05) is 30.7 Å². The Balaban J connectivity index is 2.09. The second-order valence-electron chi connectivity index (χ2n) is 4.96. The number of rotatable bonds is 3. The van der Waals surface area contributed by atoms with Gasteiger partial charge in [0.1, 0.15) is 10.7 Å². The molecule has 0 saturated heterocycles. The maximum Gasteiger partial charge on any atom is 0.262 e. The van der Waals surface area contributed by atoms with Crippen molar-refractivity contribution in [2.24, 2.45) is 0 Å². The molecule has 1 aromatic carbocycles. The van der Waals surface area contributed by atoms with Crippen LogP contribution in [-0.4, -0.2) is 9.55 Å². The molecule has 0 saturated carbocycles. The number of nitrogens with zero attached hydrogens (tertiary/aromatic N) is 2. The normalized spacial score (nSPS) is 11.2. The highest BCUT2D eigenvalue weighted by Gasteiger charge is 2.11. The van der Waals surface area contributed by atoms with Crippen molar-refractivity contribution in [3.8, 4) is 0 Å². The van der Waals surface area contributed by atoms with Gasteiger partial charge in [0, 0.05) is 9.90 Å². The standard InChI is InChI=1S/C16H15ClN2OS/c1-3-13-8-14-15(21-13)18-10(2)19(16(14)20)9-11-4-6-12(17)7-5-11/h4-8H,3,9H2,1-2H3. The molecule has 21 heavy (non-hydrogen) atoms. The van der Waals surface area contributed by atoms with Crippen LogP contribution in [0.3, 0.4) is 0 Å². The van der Waals surface area contributed by atoms with E-state index in [1.54, 1.807) is 15.9 Å². The minimum absolute atomic E-state index is 0.0309. The molecule has 2 aromatic heterocycles. The van der Waals surface area contributed by atoms with Gasteiger partial charge in [0.05, 0.1) is 11.9 Å². The Morgan fingerprint density at radius 1 is 1.29 bits per heavy atom. The molecule has 0 aliphatic rings. The molecule has 3 nitrogen and oxygen atoms in total. The van der Waals surface area contributed by atoms with E-state index in [1.807, 2.05) is 37.3 Å². The fourth-order valence-electron chi connectivity index (χ4n) is 2.30. The molecule has 0 amide bonds. The molecule has 0 fully saturated rings. The van der Waals surface area contributed by atoms with E-state index in [0.717, 1.165) is 28.0 Å². The molecule has 0 N–H and O–H groups in total. The molecule has 3 aromatic rings. The van der Waals surface area contributed by atoms with Crippen LogP contribution in [-0.2, 0) is 13.0 Å². The van der Waals surface area contributed by atoms with Crippen molar-refractivity contribution in [3.05, 3.63) is 62.0 Å². The SMILES string of the molecule is CCc1cc2c(=O)n(Cc3ccc(Cl)cc3)c(C)nc2s1. The maximum atomic E-state index is 12.7. The minimum Gasteiger partial charge on any atom is -0.292 e. The second kappa shape index (κ2) is 5.62. The van der Waals surface area contributed by atoms with Crippen LogP contribution in [0, 0.1) is 6.92 Å². The summed E-state index contributed by atoms with van der Waals surface area (Å²) in [5.74, 6) is 0.743. The molecule has 5 heteroatoms. The Bertz CT molecular complexity index is 849. The lowest BCUT2D eigenvalue weighted by atomic mass is 10.2. The van der Waals surface area contributed by atoms with Crippen molar-refractivity contribution < 1.29 is 0 Å². The number of aromatic nitrogens is 2. The van der Waals surface area contributed by atoms with E-state index >= 15 is 0 Å². The Morgan fingerprint density at radius 2 is 2.00 bits per heavy atom. The first kappa shape index (κ1) is 14.3. The first-order valence-corrected chi connectivity index (χ1v) is 8.02. The van der Waals surface area contributed by atoms with E-state index in [1.165, 1.54) is 4.88 Å². The molecular weight excluding hydrogens is 304 g/mol. The maximum absolute atomic E-state index is 12.7. The lowest BCUT2D eigenvalue weighted by molar-refractivity contribution is 0.714. The zero-order valence-corrected chi connectivity index (χ0v) is 13.5. The summed E-state index contributed by atoms with van der Waals surface area (Å²) in [6.45, 7) is 4.48. The predicted molar refractivity (Wildman–Crippen MR) is 88.5 cm³/mol. The average Bonchev–Trinajstić information content (AvgIpc) is 2.88. The first-order chi connectivity index (χ1) is 10.1. The fourth-order valence-corrected chi connectivity index (χ4v) is 3.43. The largest absolute Gasteiger partial charge is 0.292 e. The fraction of sp³-hybridized carbons (Fsp3) is 0.250. The smallest absolute Gasteiger partial charge is 0.262 e. The van der Waals surface area contributed by atoms with Crippen LogP contribution in [0.25, 0.3) is 10.2 Å². The highest BCUT2D eigenvalue weighted by atomic mass is 35.5. The zero-order valence-electron chi connectivity index (χ0n) is 11.9. The van der Waals surface area contributed by atoms with Gasteiger partial charge in [-0.25, -0.2) is 4.98 Å². The molecule has 0 bridgehead atoms. The first-order valence-electron chi connectivity index (χ1n) is 6.82. The van der Waals surface area contributed by atoms with Crippen LogP contribution in [0.1, 0.15) is 23.2 Å². The quantitative estimate of drug-likeness (QED) is 0.730. The van der Waals surface area contributed by atoms with E-state index in [-0.39, 0.29) is 5.56 Å². The van der Waals surface area contributed by atoms with Crippen LogP contribution < -0.4 is 5.56 Å². The number of halogens is 1. The summed E-state index contributed by atoms with van der Waals surface area (Å²) in [6, 6.07) is 9.51. The number of aryl methyl sites for hydroxylation is 2. The summed E-state index contributed by atoms with van der Waals surface area (Å²) in [4.78, 5) is 19.3. The lowest BCUT2D eigenvalue weighted by Crippen LogP contribution is -2.23. The molecule has 0 atom stereocenters. The molecular formula is C16H15ClN2OS. The molecule has 2 heterocycles. The minimum atomic E-state index is 0.0309. The number of benzene rings is 1. The van der Waals surface area contributed by atoms with Gasteiger partial charge >= 0.3 is 0 Å². The molecule has 0 aliphatic heterocycles. The molecule has 0 aliphatic carbocycles. The summed E-state index contributed by atoms with van der Waals surface area (Å²) >= 11 is 7.50. The summed E-state index contributed by atoms with van der Waals surface area (Å²) in [5.41, 5.74) is 1.07. The van der Waals surface area contributed by atoms with Crippen molar-refractivity contribution >= 4 is 33.2 Å². The van der Waals surface area contributed by atoms with Gasteiger partial charge < -0.3 is 0 Å². The Kier molecular flexibility index (Phi) is 3.83. The van der Waals surface area contributed by atoms with E-state index < -0.39 is 0 Å². The van der Waals surface area contributed by atoms with Crippen LogP contribution in [0.2, 0.25) is 5.02 Å². The average molecular weight is 319 g/mol. The van der Waals surface area contributed by atoms with E-state index in [0.29, 0.717) is 11.6 Å². The molecule has 0 unspecified atom stereocenters. The predicted octanol–water partition coefficient (Wildman–Crippen LogP) is 4.03. The molecule has 0 spiro atoms. The lowest BCUT2D eigenvalue weighted by Gasteiger charge is -2.09. The summed E-state index contributed by atoms with van der Waals surface area (Å²) in [7, 11) is 0. The zero-order chi connectivity index (χ0) is 15.0. The summed E-state index contributed by atoms with van der Waals surface area (Å²) < 4.78 is 1.72. The van der Waals surface area contributed by atoms with Crippen LogP contribution >= 0.6 is 22.9 Å².